The Bertz CT molecular complexity index is 673. The number of carbonyl (C=O) groups is 1. The molecule has 0 bridgehead atoms. The second kappa shape index (κ2) is 5.92. The summed E-state index contributed by atoms with van der Waals surface area (Å²) in [4.78, 5) is 12.6. The van der Waals surface area contributed by atoms with E-state index in [2.05, 4.69) is 20.8 Å². The van der Waals surface area contributed by atoms with E-state index >= 15 is 0 Å². The van der Waals surface area contributed by atoms with Gasteiger partial charge in [-0.15, -0.1) is 0 Å². The van der Waals surface area contributed by atoms with Crippen LogP contribution in [0.25, 0.3) is 0 Å². The van der Waals surface area contributed by atoms with Crippen LogP contribution in [-0.2, 0) is 25.3 Å². The molecule has 7 heteroatoms. The van der Waals surface area contributed by atoms with Crippen molar-refractivity contribution < 1.29 is 4.79 Å². The molecule has 2 aromatic heterocycles. The van der Waals surface area contributed by atoms with E-state index in [-0.39, 0.29) is 11.9 Å². The first kappa shape index (κ1) is 14.8. The summed E-state index contributed by atoms with van der Waals surface area (Å²) in [6, 6.07) is -0.354. The van der Waals surface area contributed by atoms with Crippen LogP contribution >= 0.6 is 0 Å². The van der Waals surface area contributed by atoms with Gasteiger partial charge in [-0.3, -0.25) is 14.2 Å². The highest BCUT2D eigenvalue weighted by atomic mass is 16.2. The predicted octanol–water partition coefficient (Wildman–Crippen LogP) is 0.608. The maximum Gasteiger partial charge on any atom is 0.242 e. The number of aryl methyl sites for hydroxylation is 2. The Morgan fingerprint density at radius 3 is 2.86 bits per heavy atom. The highest BCUT2D eigenvalue weighted by Gasteiger charge is 2.28. The largest absolute Gasteiger partial charge is 0.348 e. The van der Waals surface area contributed by atoms with Gasteiger partial charge in [-0.25, -0.2) is 0 Å². The summed E-state index contributed by atoms with van der Waals surface area (Å²) in [6.07, 6.45) is 8.49. The number of nitrogens with one attached hydrogen (secondary N) is 2. The van der Waals surface area contributed by atoms with Crippen molar-refractivity contribution in [3.8, 4) is 0 Å². The number of nitrogens with zero attached hydrogens (tertiary/aromatic N) is 4. The van der Waals surface area contributed by atoms with E-state index in [4.69, 9.17) is 0 Å². The van der Waals surface area contributed by atoms with Gasteiger partial charge < -0.3 is 10.6 Å². The van der Waals surface area contributed by atoms with E-state index in [9.17, 15) is 4.79 Å². The van der Waals surface area contributed by atoms with Crippen LogP contribution in [0.3, 0.4) is 0 Å². The molecule has 0 saturated carbocycles. The van der Waals surface area contributed by atoms with Crippen molar-refractivity contribution in [3.63, 3.8) is 0 Å². The lowest BCUT2D eigenvalue weighted by atomic mass is 9.92. The van der Waals surface area contributed by atoms with Crippen molar-refractivity contribution in [1.82, 2.24) is 30.2 Å². The average molecular weight is 302 g/mol. The molecule has 22 heavy (non-hydrogen) atoms. The van der Waals surface area contributed by atoms with E-state index in [1.165, 1.54) is 5.69 Å². The number of rotatable bonds is 4. The molecule has 0 spiro atoms. The number of fused-ring (bicyclic) bond motifs is 1. The lowest BCUT2D eigenvalue weighted by molar-refractivity contribution is -0.124. The van der Waals surface area contributed by atoms with E-state index in [1.54, 1.807) is 17.9 Å². The minimum Gasteiger partial charge on any atom is -0.348 e. The van der Waals surface area contributed by atoms with Gasteiger partial charge >= 0.3 is 0 Å². The Balaban J connectivity index is 1.76. The van der Waals surface area contributed by atoms with Crippen LogP contribution in [0.5, 0.6) is 0 Å². The Hall–Kier alpha value is -2.15. The maximum atomic E-state index is 12.6. The van der Waals surface area contributed by atoms with E-state index in [0.717, 1.165) is 30.4 Å². The highest BCUT2D eigenvalue weighted by molar-refractivity contribution is 5.83. The van der Waals surface area contributed by atoms with Crippen LogP contribution in [0.4, 0.5) is 0 Å². The van der Waals surface area contributed by atoms with E-state index < -0.39 is 6.04 Å². The zero-order valence-electron chi connectivity index (χ0n) is 13.2. The first-order valence-electron chi connectivity index (χ1n) is 7.57. The van der Waals surface area contributed by atoms with E-state index in [0.29, 0.717) is 0 Å². The van der Waals surface area contributed by atoms with Crippen molar-refractivity contribution in [2.24, 2.45) is 14.1 Å². The minimum atomic E-state index is -0.393. The third-order valence-corrected chi connectivity index (χ3v) is 4.30. The van der Waals surface area contributed by atoms with Gasteiger partial charge in [-0.05, 0) is 26.3 Å². The molecule has 2 atom stereocenters. The number of hydrogen-bond acceptors (Lipinski definition) is 4. The monoisotopic (exact) mass is 302 g/mol. The van der Waals surface area contributed by atoms with Crippen LogP contribution in [-0.4, -0.2) is 32.5 Å². The molecule has 0 aliphatic heterocycles. The van der Waals surface area contributed by atoms with Gasteiger partial charge in [0, 0.05) is 37.1 Å². The van der Waals surface area contributed by atoms with Crippen molar-refractivity contribution in [2.75, 3.05) is 7.05 Å². The van der Waals surface area contributed by atoms with E-state index in [1.807, 2.05) is 31.2 Å². The SMILES string of the molecule is CNC(C(=O)NC1CCCc2c1cnn2C)c1cnn(C)c1. The molecule has 118 valence electrons. The molecule has 1 aliphatic rings. The van der Waals surface area contributed by atoms with Gasteiger partial charge in [-0.1, -0.05) is 0 Å². The third kappa shape index (κ3) is 2.64. The summed E-state index contributed by atoms with van der Waals surface area (Å²) in [5.74, 6) is -0.0304. The maximum absolute atomic E-state index is 12.6. The quantitative estimate of drug-likeness (QED) is 0.867. The zero-order valence-corrected chi connectivity index (χ0v) is 13.2. The second-order valence-electron chi connectivity index (χ2n) is 5.79. The fraction of sp³-hybridized carbons (Fsp3) is 0.533. The lowest BCUT2D eigenvalue weighted by Gasteiger charge is -2.25. The summed E-state index contributed by atoms with van der Waals surface area (Å²) >= 11 is 0. The van der Waals surface area contributed by atoms with Gasteiger partial charge in [0.2, 0.25) is 5.91 Å². The lowest BCUT2D eigenvalue weighted by Crippen LogP contribution is -2.39. The summed E-state index contributed by atoms with van der Waals surface area (Å²) in [5, 5.41) is 14.7. The molecule has 7 nitrogen and oxygen atoms in total. The Labute approximate surface area is 129 Å². The molecule has 1 aliphatic carbocycles. The molecule has 2 aromatic rings. The number of amides is 1. The molecular weight excluding hydrogens is 280 g/mol. The summed E-state index contributed by atoms with van der Waals surface area (Å²) in [7, 11) is 5.58. The molecular formula is C15H22N6O. The summed E-state index contributed by atoms with van der Waals surface area (Å²) in [6.45, 7) is 0. The van der Waals surface area contributed by atoms with Gasteiger partial charge in [0.05, 0.1) is 18.4 Å². The molecule has 3 rings (SSSR count). The first-order chi connectivity index (χ1) is 10.6. The fourth-order valence-corrected chi connectivity index (χ4v) is 3.15. The first-order valence-corrected chi connectivity index (χ1v) is 7.57. The number of carbonyl (C=O) groups excluding carboxylic acids is 1. The van der Waals surface area contributed by atoms with Crippen molar-refractivity contribution in [2.45, 2.75) is 31.3 Å². The second-order valence-corrected chi connectivity index (χ2v) is 5.79. The van der Waals surface area contributed by atoms with Gasteiger partial charge in [0.25, 0.3) is 0 Å². The molecule has 0 fully saturated rings. The third-order valence-electron chi connectivity index (χ3n) is 4.30. The predicted molar refractivity (Wildman–Crippen MR) is 82.0 cm³/mol. The average Bonchev–Trinajstić information content (AvgIpc) is 3.08. The molecule has 0 radical (unpaired) electrons. The molecule has 0 saturated heterocycles. The molecule has 2 N–H and O–H groups in total. The van der Waals surface area contributed by atoms with Gasteiger partial charge in [0.1, 0.15) is 6.04 Å². The standard InChI is InChI=1S/C15H22N6O/c1-16-14(10-7-17-20(2)9-10)15(22)19-12-5-4-6-13-11(12)8-18-21(13)3/h7-9,12,14,16H,4-6H2,1-3H3,(H,19,22). The van der Waals surface area contributed by atoms with Gasteiger partial charge in [-0.2, -0.15) is 10.2 Å². The highest BCUT2D eigenvalue weighted by Crippen LogP contribution is 2.29. The number of hydrogen-bond donors (Lipinski definition) is 2. The topological polar surface area (TPSA) is 76.8 Å². The van der Waals surface area contributed by atoms with Crippen LogP contribution in [0.2, 0.25) is 0 Å². The Morgan fingerprint density at radius 1 is 1.36 bits per heavy atom. The van der Waals surface area contributed by atoms with Gasteiger partial charge in [0.15, 0.2) is 0 Å². The van der Waals surface area contributed by atoms with Crippen molar-refractivity contribution >= 4 is 5.91 Å². The minimum absolute atomic E-state index is 0.0304. The smallest absolute Gasteiger partial charge is 0.242 e. The summed E-state index contributed by atoms with van der Waals surface area (Å²) in [5.41, 5.74) is 3.23. The van der Waals surface area contributed by atoms with Crippen molar-refractivity contribution in [3.05, 3.63) is 35.4 Å². The van der Waals surface area contributed by atoms with Crippen LogP contribution in [0.1, 0.15) is 41.7 Å². The number of aromatic nitrogens is 4. The van der Waals surface area contributed by atoms with Crippen LogP contribution < -0.4 is 10.6 Å². The summed E-state index contributed by atoms with van der Waals surface area (Å²) < 4.78 is 3.61. The molecule has 1 amide bonds. The molecule has 2 heterocycles. The molecule has 2 unspecified atom stereocenters. The van der Waals surface area contributed by atoms with Crippen LogP contribution in [0.15, 0.2) is 18.6 Å². The Kier molecular flexibility index (Phi) is 3.98. The molecule has 0 aromatic carbocycles. The normalized spacial score (nSPS) is 18.8. The van der Waals surface area contributed by atoms with Crippen LogP contribution in [0, 0.1) is 0 Å². The zero-order chi connectivity index (χ0) is 15.7. The Morgan fingerprint density at radius 2 is 2.18 bits per heavy atom. The van der Waals surface area contributed by atoms with Crippen molar-refractivity contribution in [1.29, 1.82) is 0 Å². The fourth-order valence-electron chi connectivity index (χ4n) is 3.15. The number of likely N-dealkylation sites (N-methyl/N-ethyl adjacent to an activating group) is 1.